The fraction of sp³-hybridized carbons (Fsp3) is 0.520. The minimum absolute atomic E-state index is 0.103. The Labute approximate surface area is 190 Å². The van der Waals surface area contributed by atoms with Crippen LogP contribution in [0.3, 0.4) is 0 Å². The molecule has 6 nitrogen and oxygen atoms in total. The number of methoxy groups -OCH3 is 1. The highest BCUT2D eigenvalue weighted by atomic mass is 31.2. The van der Waals surface area contributed by atoms with E-state index in [1.54, 1.807) is 7.11 Å². The Morgan fingerprint density at radius 3 is 2.78 bits per heavy atom. The number of phosphoric ester groups is 1. The molecule has 1 saturated carbocycles. The van der Waals surface area contributed by atoms with E-state index < -0.39 is 13.4 Å². The third-order valence-electron chi connectivity index (χ3n) is 7.17. The molecule has 0 amide bonds. The minimum atomic E-state index is -4.49. The van der Waals surface area contributed by atoms with E-state index in [1.807, 2.05) is 6.07 Å². The molecule has 4 N–H and O–H groups in total. The summed E-state index contributed by atoms with van der Waals surface area (Å²) >= 11 is 0. The molecule has 2 aliphatic rings. The van der Waals surface area contributed by atoms with Crippen LogP contribution in [-0.4, -0.2) is 29.0 Å². The van der Waals surface area contributed by atoms with E-state index in [0.29, 0.717) is 24.7 Å². The number of benzene rings is 2. The lowest BCUT2D eigenvalue weighted by Gasteiger charge is -2.27. The molecule has 2 aromatic carbocycles. The smallest absolute Gasteiger partial charge is 0.469 e. The maximum absolute atomic E-state index is 11.0. The molecular formula is C25H34NO5P. The number of hydrogen-bond acceptors (Lipinski definition) is 4. The van der Waals surface area contributed by atoms with E-state index in [0.717, 1.165) is 31.4 Å². The average molecular weight is 460 g/mol. The van der Waals surface area contributed by atoms with Crippen molar-refractivity contribution in [3.8, 4) is 5.75 Å². The predicted octanol–water partition coefficient (Wildman–Crippen LogP) is 4.51. The third-order valence-corrected chi connectivity index (χ3v) is 7.64. The van der Waals surface area contributed by atoms with Gasteiger partial charge in [-0.1, -0.05) is 30.3 Å². The van der Waals surface area contributed by atoms with E-state index in [1.165, 1.54) is 35.1 Å². The molecule has 0 spiro atoms. The molecule has 32 heavy (non-hydrogen) atoms. The predicted molar refractivity (Wildman–Crippen MR) is 125 cm³/mol. The van der Waals surface area contributed by atoms with Crippen molar-refractivity contribution < 1.29 is 23.6 Å². The lowest BCUT2D eigenvalue weighted by molar-refractivity contribution is 0.153. The number of phosphoric acid groups is 1. The van der Waals surface area contributed by atoms with Gasteiger partial charge in [0.05, 0.1) is 13.7 Å². The molecule has 0 heterocycles. The fourth-order valence-corrected chi connectivity index (χ4v) is 5.76. The van der Waals surface area contributed by atoms with Crippen LogP contribution in [0.4, 0.5) is 0 Å². The maximum atomic E-state index is 11.0. The van der Waals surface area contributed by atoms with Gasteiger partial charge in [-0.25, -0.2) is 4.57 Å². The van der Waals surface area contributed by atoms with Gasteiger partial charge in [0.25, 0.3) is 0 Å². The van der Waals surface area contributed by atoms with Gasteiger partial charge < -0.3 is 20.3 Å². The number of rotatable bonds is 8. The maximum Gasteiger partial charge on any atom is 0.469 e. The number of fused-ring (bicyclic) bond motifs is 1. The third kappa shape index (κ3) is 6.00. The van der Waals surface area contributed by atoms with Gasteiger partial charge in [-0.05, 0) is 97.6 Å². The van der Waals surface area contributed by atoms with Crippen molar-refractivity contribution in [3.63, 3.8) is 0 Å². The van der Waals surface area contributed by atoms with Crippen molar-refractivity contribution in [3.05, 3.63) is 64.7 Å². The zero-order valence-corrected chi connectivity index (χ0v) is 19.6. The number of aryl methyl sites for hydroxylation is 2. The molecule has 0 bridgehead atoms. The van der Waals surface area contributed by atoms with Gasteiger partial charge in [-0.3, -0.25) is 4.52 Å². The van der Waals surface area contributed by atoms with Crippen LogP contribution in [0.2, 0.25) is 0 Å². The molecule has 2 aliphatic carbocycles. The largest absolute Gasteiger partial charge is 0.497 e. The summed E-state index contributed by atoms with van der Waals surface area (Å²) in [5.41, 5.74) is 11.2. The number of nitrogens with two attached hydrogens (primary N) is 1. The molecule has 0 radical (unpaired) electrons. The molecule has 1 fully saturated rings. The van der Waals surface area contributed by atoms with Crippen molar-refractivity contribution >= 4 is 7.82 Å². The standard InChI is InChI=1S/C25H34NO5P/c1-30-24-4-2-3-18(14-24)5-6-19-7-8-21-15-22(10-9-20(21)13-19)23-11-12-25(26,16-23)17-31-32(27,28)29/h2-4,9-10,14-15,19,23H,5-8,11-13,16-17,26H2,1H3,(H2,27,28,29)/t19-,23+,25+/m1/s1. The Balaban J connectivity index is 1.34. The van der Waals surface area contributed by atoms with E-state index in [9.17, 15) is 4.57 Å². The van der Waals surface area contributed by atoms with Gasteiger partial charge in [0.15, 0.2) is 0 Å². The van der Waals surface area contributed by atoms with Crippen LogP contribution in [-0.2, 0) is 28.4 Å². The quantitative estimate of drug-likeness (QED) is 0.502. The van der Waals surface area contributed by atoms with Crippen LogP contribution >= 0.6 is 7.82 Å². The first-order valence-electron chi connectivity index (χ1n) is 11.5. The van der Waals surface area contributed by atoms with Crippen LogP contribution in [0, 0.1) is 5.92 Å². The summed E-state index contributed by atoms with van der Waals surface area (Å²) in [5.74, 6) is 1.94. The molecule has 3 atom stereocenters. The highest BCUT2D eigenvalue weighted by Crippen LogP contribution is 2.44. The van der Waals surface area contributed by atoms with Crippen molar-refractivity contribution in [1.82, 2.24) is 0 Å². The van der Waals surface area contributed by atoms with Gasteiger partial charge in [0.2, 0.25) is 0 Å². The fourth-order valence-electron chi connectivity index (χ4n) is 5.33. The van der Waals surface area contributed by atoms with E-state index in [-0.39, 0.29) is 6.61 Å². The number of ether oxygens (including phenoxy) is 1. The Bertz CT molecular complexity index is 990. The summed E-state index contributed by atoms with van der Waals surface area (Å²) in [7, 11) is -2.78. The van der Waals surface area contributed by atoms with E-state index in [4.69, 9.17) is 24.8 Å². The molecule has 0 unspecified atom stereocenters. The first-order valence-corrected chi connectivity index (χ1v) is 13.0. The minimum Gasteiger partial charge on any atom is -0.497 e. The lowest BCUT2D eigenvalue weighted by atomic mass is 9.79. The Kier molecular flexibility index (Phi) is 7.09. The van der Waals surface area contributed by atoms with E-state index in [2.05, 4.69) is 36.4 Å². The van der Waals surface area contributed by atoms with Crippen molar-refractivity contribution in [2.24, 2.45) is 11.7 Å². The van der Waals surface area contributed by atoms with Crippen molar-refractivity contribution in [2.45, 2.75) is 62.8 Å². The summed E-state index contributed by atoms with van der Waals surface area (Å²) in [6.45, 7) is -0.103. The van der Waals surface area contributed by atoms with Crippen LogP contribution in [0.25, 0.3) is 0 Å². The molecule has 7 heteroatoms. The summed E-state index contributed by atoms with van der Waals surface area (Å²) in [5, 5.41) is 0. The molecule has 174 valence electrons. The zero-order chi connectivity index (χ0) is 22.8. The summed E-state index contributed by atoms with van der Waals surface area (Å²) in [4.78, 5) is 18.0. The summed E-state index contributed by atoms with van der Waals surface area (Å²) in [6, 6.07) is 15.2. The zero-order valence-electron chi connectivity index (χ0n) is 18.7. The van der Waals surface area contributed by atoms with Crippen LogP contribution < -0.4 is 10.5 Å². The Morgan fingerprint density at radius 1 is 1.16 bits per heavy atom. The topological polar surface area (TPSA) is 102 Å². The second kappa shape index (κ2) is 9.66. The molecule has 2 aromatic rings. The van der Waals surface area contributed by atoms with Crippen molar-refractivity contribution in [2.75, 3.05) is 13.7 Å². The van der Waals surface area contributed by atoms with Crippen molar-refractivity contribution in [1.29, 1.82) is 0 Å². The van der Waals surface area contributed by atoms with E-state index >= 15 is 0 Å². The van der Waals surface area contributed by atoms with Crippen LogP contribution in [0.1, 0.15) is 60.3 Å². The molecule has 0 aliphatic heterocycles. The molecule has 0 saturated heterocycles. The lowest BCUT2D eigenvalue weighted by Crippen LogP contribution is -2.41. The van der Waals surface area contributed by atoms with Gasteiger partial charge >= 0.3 is 7.82 Å². The highest BCUT2D eigenvalue weighted by Gasteiger charge is 2.38. The van der Waals surface area contributed by atoms with Crippen LogP contribution in [0.15, 0.2) is 42.5 Å². The second-order valence-corrected chi connectivity index (χ2v) is 10.8. The first-order chi connectivity index (χ1) is 15.2. The molecule has 0 aromatic heterocycles. The summed E-state index contributed by atoms with van der Waals surface area (Å²) < 4.78 is 21.1. The van der Waals surface area contributed by atoms with Crippen LogP contribution in [0.5, 0.6) is 5.75 Å². The van der Waals surface area contributed by atoms with Gasteiger partial charge in [-0.2, -0.15) is 0 Å². The van der Waals surface area contributed by atoms with Gasteiger partial charge in [0, 0.05) is 5.54 Å². The Morgan fingerprint density at radius 2 is 2.00 bits per heavy atom. The normalized spacial score (nSPS) is 25.5. The number of hydrogen-bond donors (Lipinski definition) is 3. The van der Waals surface area contributed by atoms with Gasteiger partial charge in [0.1, 0.15) is 5.75 Å². The first kappa shape index (κ1) is 23.5. The Hall–Kier alpha value is -1.69. The second-order valence-electron chi connectivity index (χ2n) is 9.59. The van der Waals surface area contributed by atoms with Gasteiger partial charge in [-0.15, -0.1) is 0 Å². The highest BCUT2D eigenvalue weighted by molar-refractivity contribution is 7.46. The summed E-state index contributed by atoms with van der Waals surface area (Å²) in [6.07, 6.45) is 8.02. The SMILES string of the molecule is COc1cccc(CC[C@@H]2CCc3cc([C@H]4CC[C@@](N)(COP(=O)(O)O)C4)ccc3C2)c1. The molecular weight excluding hydrogens is 425 g/mol. The monoisotopic (exact) mass is 459 g/mol. The molecule has 4 rings (SSSR count). The average Bonchev–Trinajstić information content (AvgIpc) is 3.18.